The number of carbonyl (C=O) groups is 4. The smallest absolute Gasteiger partial charge is 0.329 e. The highest BCUT2D eigenvalue weighted by Gasteiger charge is 2.67. The minimum absolute atomic E-state index is 0.0815. The van der Waals surface area contributed by atoms with E-state index in [1.807, 2.05) is 0 Å². The number of nitrogens with zero attached hydrogens (tertiary/aromatic N) is 1. The van der Waals surface area contributed by atoms with Crippen LogP contribution in [-0.2, 0) is 19.1 Å². The van der Waals surface area contributed by atoms with Gasteiger partial charge in [0.1, 0.15) is 6.04 Å². The molecule has 3 aliphatic rings. The number of ketones is 1. The molecule has 0 unspecified atom stereocenters. The largest absolute Gasteiger partial charge is 0.456 e. The molecule has 1 heterocycles. The van der Waals surface area contributed by atoms with Crippen LogP contribution in [0.4, 0.5) is 0 Å². The summed E-state index contributed by atoms with van der Waals surface area (Å²) in [6, 6.07) is 5.64. The van der Waals surface area contributed by atoms with E-state index in [0.29, 0.717) is 5.56 Å². The summed E-state index contributed by atoms with van der Waals surface area (Å²) in [7, 11) is 0. The quantitative estimate of drug-likeness (QED) is 0.227. The zero-order valence-corrected chi connectivity index (χ0v) is 20.1. The molecule has 0 aromatic heterocycles. The van der Waals surface area contributed by atoms with Gasteiger partial charge in [0.05, 0.1) is 11.8 Å². The number of ether oxygens (including phenoxy) is 1. The van der Waals surface area contributed by atoms with E-state index in [9.17, 15) is 19.2 Å². The fraction of sp³-hybridized carbons (Fsp3) is 0.500. The molecule has 154 valence electrons. The van der Waals surface area contributed by atoms with Crippen molar-refractivity contribution in [2.75, 3.05) is 6.61 Å². The van der Waals surface area contributed by atoms with E-state index in [2.05, 4.69) is 47.8 Å². The van der Waals surface area contributed by atoms with Crippen molar-refractivity contribution in [3.8, 4) is 0 Å². The molecule has 1 saturated heterocycles. The molecule has 7 atom stereocenters. The van der Waals surface area contributed by atoms with Crippen LogP contribution in [0.3, 0.4) is 0 Å². The number of likely N-dealkylation sites (tertiary alicyclic amines) is 1. The van der Waals surface area contributed by atoms with E-state index in [1.54, 1.807) is 24.3 Å². The Morgan fingerprint density at radius 1 is 1.07 bits per heavy atom. The minimum atomic E-state index is -1.06. The van der Waals surface area contributed by atoms with Gasteiger partial charge in [0.2, 0.25) is 11.8 Å². The number of hydrogen-bond acceptors (Lipinski definition) is 5. The van der Waals surface area contributed by atoms with Gasteiger partial charge in [-0.15, -0.1) is 0 Å². The van der Waals surface area contributed by atoms with E-state index in [4.69, 9.17) is 4.74 Å². The first kappa shape index (κ1) is 21.2. The summed E-state index contributed by atoms with van der Waals surface area (Å²) in [6.07, 6.45) is 0.826. The molecular weight excluding hydrogens is 574 g/mol. The van der Waals surface area contributed by atoms with E-state index in [1.165, 1.54) is 6.92 Å². The lowest BCUT2D eigenvalue weighted by molar-refractivity contribution is -0.157. The molecule has 2 amide bonds. The highest BCUT2D eigenvalue weighted by Crippen LogP contribution is 2.60. The average Bonchev–Trinajstić information content (AvgIpc) is 3.30. The van der Waals surface area contributed by atoms with Gasteiger partial charge in [-0.05, 0) is 37.3 Å². The Hall–Kier alpha value is -1.06. The number of esters is 1. The molecular formula is C20H18Br3NO5. The lowest BCUT2D eigenvalue weighted by Crippen LogP contribution is -2.45. The molecule has 0 N–H and O–H groups in total. The van der Waals surface area contributed by atoms with Crippen molar-refractivity contribution in [3.05, 3.63) is 34.3 Å². The van der Waals surface area contributed by atoms with Crippen LogP contribution < -0.4 is 0 Å². The minimum Gasteiger partial charge on any atom is -0.456 e. The Morgan fingerprint density at radius 2 is 1.59 bits per heavy atom. The van der Waals surface area contributed by atoms with Crippen molar-refractivity contribution in [2.45, 2.75) is 29.0 Å². The molecule has 4 rings (SSSR count). The van der Waals surface area contributed by atoms with Gasteiger partial charge in [-0.2, -0.15) is 0 Å². The summed E-state index contributed by atoms with van der Waals surface area (Å²) in [5.41, 5.74) is 0.416. The van der Waals surface area contributed by atoms with Crippen LogP contribution >= 0.6 is 47.8 Å². The lowest BCUT2D eigenvalue weighted by atomic mass is 9.81. The molecule has 6 nitrogen and oxygen atoms in total. The van der Waals surface area contributed by atoms with Crippen molar-refractivity contribution in [1.29, 1.82) is 0 Å². The number of halogens is 3. The van der Waals surface area contributed by atoms with Gasteiger partial charge < -0.3 is 4.74 Å². The van der Waals surface area contributed by atoms with Crippen LogP contribution in [-0.4, -0.2) is 50.8 Å². The fourth-order valence-corrected chi connectivity index (χ4v) is 6.97. The summed E-state index contributed by atoms with van der Waals surface area (Å²) in [5.74, 6) is -2.32. The summed E-state index contributed by atoms with van der Waals surface area (Å²) in [5, 5.41) is 0. The van der Waals surface area contributed by atoms with Gasteiger partial charge in [0, 0.05) is 19.7 Å². The van der Waals surface area contributed by atoms with Crippen LogP contribution in [0.25, 0.3) is 0 Å². The number of benzene rings is 1. The lowest BCUT2D eigenvalue weighted by Gasteiger charge is -2.28. The van der Waals surface area contributed by atoms with Gasteiger partial charge in [-0.25, -0.2) is 4.79 Å². The molecule has 1 aromatic rings. The number of imide groups is 1. The Labute approximate surface area is 193 Å². The SMILES string of the molecule is C[C@H](C(=O)OCC(=O)c1ccc(Br)cc1)N1C(=O)[C@@H]2[C@@H]3C[C@H]([C@H](Br)[C@@H]3Br)[C@@H]2C1=O. The number of rotatable bonds is 5. The second-order valence-corrected chi connectivity index (χ2v) is 10.8. The molecule has 1 aliphatic heterocycles. The number of fused-ring (bicyclic) bond motifs is 5. The molecule has 0 radical (unpaired) electrons. The fourth-order valence-electron chi connectivity index (χ4n) is 4.84. The third-order valence-corrected chi connectivity index (χ3v) is 10.00. The Morgan fingerprint density at radius 3 is 2.10 bits per heavy atom. The predicted molar refractivity (Wildman–Crippen MR) is 115 cm³/mol. The first-order chi connectivity index (χ1) is 13.7. The van der Waals surface area contributed by atoms with Crippen LogP contribution in [0, 0.1) is 23.7 Å². The first-order valence-corrected chi connectivity index (χ1v) is 11.9. The molecule has 1 aromatic carbocycles. The average molecular weight is 592 g/mol. The Kier molecular flexibility index (Phi) is 5.76. The highest BCUT2D eigenvalue weighted by molar-refractivity contribution is 9.12. The van der Waals surface area contributed by atoms with Crippen molar-refractivity contribution in [3.63, 3.8) is 0 Å². The van der Waals surface area contributed by atoms with Gasteiger partial charge in [0.15, 0.2) is 12.4 Å². The molecule has 3 fully saturated rings. The van der Waals surface area contributed by atoms with Crippen LogP contribution in [0.2, 0.25) is 0 Å². The molecule has 29 heavy (non-hydrogen) atoms. The second kappa shape index (κ2) is 7.89. The third-order valence-electron chi connectivity index (χ3n) is 6.26. The maximum atomic E-state index is 13.0. The van der Waals surface area contributed by atoms with Crippen molar-refractivity contribution in [1.82, 2.24) is 4.90 Å². The van der Waals surface area contributed by atoms with Gasteiger partial charge in [-0.1, -0.05) is 59.9 Å². The number of hydrogen-bond donors (Lipinski definition) is 0. The summed E-state index contributed by atoms with van der Waals surface area (Å²) < 4.78 is 5.96. The summed E-state index contributed by atoms with van der Waals surface area (Å²) >= 11 is 10.6. The zero-order valence-electron chi connectivity index (χ0n) is 15.4. The Bertz CT molecular complexity index is 857. The molecule has 2 bridgehead atoms. The van der Waals surface area contributed by atoms with E-state index >= 15 is 0 Å². The first-order valence-electron chi connectivity index (χ1n) is 9.32. The predicted octanol–water partition coefficient (Wildman–Crippen LogP) is 3.34. The monoisotopic (exact) mass is 589 g/mol. The van der Waals surface area contributed by atoms with Crippen LogP contribution in [0.5, 0.6) is 0 Å². The molecule has 2 saturated carbocycles. The zero-order chi connectivity index (χ0) is 21.0. The summed E-state index contributed by atoms with van der Waals surface area (Å²) in [4.78, 5) is 52.0. The molecule has 9 heteroatoms. The maximum Gasteiger partial charge on any atom is 0.329 e. The second-order valence-electron chi connectivity index (χ2n) is 7.76. The maximum absolute atomic E-state index is 13.0. The molecule has 2 aliphatic carbocycles. The van der Waals surface area contributed by atoms with Crippen molar-refractivity contribution >= 4 is 71.4 Å². The summed E-state index contributed by atoms with van der Waals surface area (Å²) in [6.45, 7) is 1.04. The van der Waals surface area contributed by atoms with Gasteiger partial charge in [-0.3, -0.25) is 19.3 Å². The van der Waals surface area contributed by atoms with Crippen molar-refractivity contribution in [2.24, 2.45) is 23.7 Å². The number of amides is 2. The van der Waals surface area contributed by atoms with Crippen molar-refractivity contribution < 1.29 is 23.9 Å². The van der Waals surface area contributed by atoms with Crippen LogP contribution in [0.1, 0.15) is 23.7 Å². The number of Topliss-reactive ketones (excluding diaryl/α,β-unsaturated/α-hetero) is 1. The topological polar surface area (TPSA) is 80.8 Å². The highest BCUT2D eigenvalue weighted by atomic mass is 79.9. The number of carbonyl (C=O) groups excluding carboxylic acids is 4. The number of alkyl halides is 2. The standard InChI is InChI=1S/C20H18Br3NO5/c1-8(20(28)29-7-13(25)9-2-4-10(21)5-3-9)24-18(26)14-11-6-12(15(14)19(24)27)17(23)16(11)22/h2-5,8,11-12,14-17H,6-7H2,1H3/t8-,11+,12+,14-,15+,16-,17+/m1/s1. The molecule has 0 spiro atoms. The van der Waals surface area contributed by atoms with Gasteiger partial charge in [0.25, 0.3) is 0 Å². The van der Waals surface area contributed by atoms with E-state index < -0.39 is 18.6 Å². The Balaban J connectivity index is 1.42. The van der Waals surface area contributed by atoms with E-state index in [0.717, 1.165) is 15.8 Å². The van der Waals surface area contributed by atoms with Gasteiger partial charge >= 0.3 is 5.97 Å². The third kappa shape index (κ3) is 3.43. The van der Waals surface area contributed by atoms with Crippen LogP contribution in [0.15, 0.2) is 28.7 Å². The normalized spacial score (nSPS) is 33.7. The van der Waals surface area contributed by atoms with E-state index in [-0.39, 0.29) is 50.9 Å².